The Labute approximate surface area is 245 Å². The zero-order valence-electron chi connectivity index (χ0n) is 24.3. The quantitative estimate of drug-likeness (QED) is 0.353. The van der Waals surface area contributed by atoms with Gasteiger partial charge in [0.1, 0.15) is 17.5 Å². The van der Waals surface area contributed by atoms with Crippen molar-refractivity contribution in [3.8, 4) is 5.75 Å². The van der Waals surface area contributed by atoms with E-state index >= 15 is 0 Å². The Bertz CT molecular complexity index is 1650. The molecule has 0 aliphatic carbocycles. The lowest BCUT2D eigenvalue weighted by molar-refractivity contribution is -0.134. The van der Waals surface area contributed by atoms with Crippen LogP contribution in [0.15, 0.2) is 45.2 Å². The minimum absolute atomic E-state index is 0.0600. The number of aryl methyl sites for hydroxylation is 3. The summed E-state index contributed by atoms with van der Waals surface area (Å²) in [5.41, 5.74) is 0.783. The van der Waals surface area contributed by atoms with Gasteiger partial charge in [-0.05, 0) is 39.0 Å². The van der Waals surface area contributed by atoms with Crippen LogP contribution in [-0.2, 0) is 38.3 Å². The molecule has 1 aliphatic heterocycles. The lowest BCUT2D eigenvalue weighted by Crippen LogP contribution is -2.48. The van der Waals surface area contributed by atoms with Crippen LogP contribution in [0.5, 0.6) is 5.75 Å². The summed E-state index contributed by atoms with van der Waals surface area (Å²) in [5.74, 6) is -0.207. The molecule has 1 aliphatic rings. The van der Waals surface area contributed by atoms with Crippen molar-refractivity contribution in [2.24, 2.45) is 13.0 Å². The minimum atomic E-state index is -4.06. The number of benzene rings is 1. The van der Waals surface area contributed by atoms with Crippen molar-refractivity contribution in [3.05, 3.63) is 47.7 Å². The standard InChI is InChI=1S/C26H36N6O8S2/c1-16-11-32(17(2)14-33)25(34)10-20-9-21(29-41(35,36)26-18(3)28-40-19(26)4)7-8-22(20)39-23(16)12-31(6)42(37,38)24-13-30(5)15-27-24/h7-9,13,15-17,23,29,33H,10-12,14H2,1-6H3/t16-,17+,23+/m0/s1. The lowest BCUT2D eigenvalue weighted by atomic mass is 10.0. The maximum atomic E-state index is 13.5. The average Bonchev–Trinajstić information content (AvgIpc) is 3.52. The van der Waals surface area contributed by atoms with Crippen molar-refractivity contribution in [1.29, 1.82) is 0 Å². The number of carbonyl (C=O) groups excluding carboxylic acids is 1. The largest absolute Gasteiger partial charge is 0.488 e. The molecule has 42 heavy (non-hydrogen) atoms. The Morgan fingerprint density at radius 2 is 1.95 bits per heavy atom. The number of sulfonamides is 2. The Hall–Kier alpha value is -3.47. The number of hydrogen-bond acceptors (Lipinski definition) is 10. The van der Waals surface area contributed by atoms with Gasteiger partial charge in [-0.2, -0.15) is 4.31 Å². The van der Waals surface area contributed by atoms with E-state index in [1.54, 1.807) is 20.0 Å². The summed E-state index contributed by atoms with van der Waals surface area (Å²) in [6.45, 7) is 6.43. The van der Waals surface area contributed by atoms with Crippen LogP contribution in [0.4, 0.5) is 5.69 Å². The van der Waals surface area contributed by atoms with Crippen molar-refractivity contribution < 1.29 is 36.0 Å². The van der Waals surface area contributed by atoms with E-state index in [4.69, 9.17) is 9.26 Å². The zero-order valence-corrected chi connectivity index (χ0v) is 25.9. The number of imidazole rings is 1. The predicted octanol–water partition coefficient (Wildman–Crippen LogP) is 1.30. The molecule has 0 unspecified atom stereocenters. The molecule has 230 valence electrons. The van der Waals surface area contributed by atoms with Crippen LogP contribution in [-0.4, -0.2) is 90.7 Å². The number of anilines is 1. The maximum Gasteiger partial charge on any atom is 0.267 e. The van der Waals surface area contributed by atoms with Gasteiger partial charge >= 0.3 is 0 Å². The fraction of sp³-hybridized carbons (Fsp3) is 0.500. The van der Waals surface area contributed by atoms with Gasteiger partial charge in [-0.1, -0.05) is 12.1 Å². The van der Waals surface area contributed by atoms with Gasteiger partial charge in [0.2, 0.25) is 5.91 Å². The fourth-order valence-electron chi connectivity index (χ4n) is 4.81. The van der Waals surface area contributed by atoms with Gasteiger partial charge in [0.05, 0.1) is 31.9 Å². The van der Waals surface area contributed by atoms with Gasteiger partial charge in [0, 0.05) is 44.0 Å². The summed E-state index contributed by atoms with van der Waals surface area (Å²) < 4.78 is 69.2. The van der Waals surface area contributed by atoms with Crippen LogP contribution in [0.3, 0.4) is 0 Å². The lowest BCUT2D eigenvalue weighted by Gasteiger charge is -2.33. The molecule has 3 atom stereocenters. The Morgan fingerprint density at radius 1 is 1.24 bits per heavy atom. The van der Waals surface area contributed by atoms with Crippen molar-refractivity contribution in [2.45, 2.75) is 56.2 Å². The molecule has 0 fully saturated rings. The highest BCUT2D eigenvalue weighted by molar-refractivity contribution is 7.92. The molecule has 3 aromatic rings. The first-order valence-electron chi connectivity index (χ1n) is 13.2. The molecule has 0 saturated carbocycles. The molecule has 4 rings (SSSR count). The first kappa shape index (κ1) is 31.5. The third-order valence-corrected chi connectivity index (χ3v) is 10.5. The summed E-state index contributed by atoms with van der Waals surface area (Å²) in [6, 6.07) is 4.04. The number of hydrogen-bond donors (Lipinski definition) is 2. The van der Waals surface area contributed by atoms with E-state index < -0.39 is 32.2 Å². The topological polar surface area (TPSA) is 177 Å². The molecule has 14 nitrogen and oxygen atoms in total. The molecule has 0 spiro atoms. The van der Waals surface area contributed by atoms with Gasteiger partial charge in [-0.25, -0.2) is 21.8 Å². The van der Waals surface area contributed by atoms with E-state index in [-0.39, 0.29) is 65.0 Å². The number of aromatic nitrogens is 3. The Balaban J connectivity index is 1.70. The van der Waals surface area contributed by atoms with E-state index in [2.05, 4.69) is 14.9 Å². The first-order chi connectivity index (χ1) is 19.6. The number of fused-ring (bicyclic) bond motifs is 1. The van der Waals surface area contributed by atoms with Crippen molar-refractivity contribution >= 4 is 31.6 Å². The van der Waals surface area contributed by atoms with E-state index in [0.717, 1.165) is 4.31 Å². The van der Waals surface area contributed by atoms with Gasteiger partial charge in [-0.3, -0.25) is 9.52 Å². The monoisotopic (exact) mass is 624 g/mol. The first-order valence-corrected chi connectivity index (χ1v) is 16.2. The maximum absolute atomic E-state index is 13.5. The summed E-state index contributed by atoms with van der Waals surface area (Å²) in [6.07, 6.45) is 1.95. The SMILES string of the molecule is Cc1noc(C)c1S(=O)(=O)Nc1ccc2c(c1)CC(=O)N([C@H](C)CO)C[C@H](C)[C@@H](CN(C)S(=O)(=O)c1cn(C)cn1)O2. The second-order valence-corrected chi connectivity index (χ2v) is 14.2. The normalized spacial score (nSPS) is 19.0. The van der Waals surface area contributed by atoms with E-state index in [1.807, 2.05) is 6.92 Å². The number of amides is 1. The van der Waals surface area contributed by atoms with Crippen molar-refractivity contribution in [1.82, 2.24) is 23.9 Å². The molecular weight excluding hydrogens is 588 g/mol. The molecule has 16 heteroatoms. The minimum Gasteiger partial charge on any atom is -0.488 e. The third-order valence-electron chi connectivity index (χ3n) is 7.20. The van der Waals surface area contributed by atoms with E-state index in [0.29, 0.717) is 11.3 Å². The van der Waals surface area contributed by atoms with Crippen LogP contribution >= 0.6 is 0 Å². The van der Waals surface area contributed by atoms with Gasteiger partial charge in [0.15, 0.2) is 15.7 Å². The number of carbonyl (C=O) groups is 1. The molecule has 1 aromatic carbocycles. The van der Waals surface area contributed by atoms with Gasteiger partial charge in [-0.15, -0.1) is 0 Å². The molecule has 1 amide bonds. The summed E-state index contributed by atoms with van der Waals surface area (Å²) in [5, 5.41) is 13.5. The summed E-state index contributed by atoms with van der Waals surface area (Å²) in [4.78, 5) is 18.9. The number of aliphatic hydroxyl groups is 1. The van der Waals surface area contributed by atoms with Crippen molar-refractivity contribution in [3.63, 3.8) is 0 Å². The molecule has 0 bridgehead atoms. The van der Waals surface area contributed by atoms with Gasteiger partial charge in [0.25, 0.3) is 20.0 Å². The number of ether oxygens (including phenoxy) is 1. The predicted molar refractivity (Wildman–Crippen MR) is 152 cm³/mol. The number of rotatable bonds is 9. The second kappa shape index (κ2) is 12.0. The number of aliphatic hydroxyl groups excluding tert-OH is 1. The molecule has 0 saturated heterocycles. The number of nitrogens with zero attached hydrogens (tertiary/aromatic N) is 5. The number of likely N-dealkylation sites (N-methyl/N-ethyl adjacent to an activating group) is 1. The highest BCUT2D eigenvalue weighted by atomic mass is 32.2. The highest BCUT2D eigenvalue weighted by Crippen LogP contribution is 2.31. The van der Waals surface area contributed by atoms with E-state index in [1.165, 1.54) is 55.0 Å². The highest BCUT2D eigenvalue weighted by Gasteiger charge is 2.34. The average molecular weight is 625 g/mol. The van der Waals surface area contributed by atoms with Crippen molar-refractivity contribution in [2.75, 3.05) is 31.5 Å². The Kier molecular flexibility index (Phi) is 9.01. The van der Waals surface area contributed by atoms with Gasteiger partial charge < -0.3 is 23.8 Å². The summed E-state index contributed by atoms with van der Waals surface area (Å²) in [7, 11) is -4.89. The number of nitrogens with one attached hydrogen (secondary N) is 1. The smallest absolute Gasteiger partial charge is 0.267 e. The Morgan fingerprint density at radius 3 is 2.55 bits per heavy atom. The molecular formula is C26H36N6O8S2. The summed E-state index contributed by atoms with van der Waals surface area (Å²) >= 11 is 0. The van der Waals surface area contributed by atoms with Crippen LogP contribution in [0.1, 0.15) is 30.9 Å². The molecule has 2 N–H and O–H groups in total. The zero-order chi connectivity index (χ0) is 31.0. The van der Waals surface area contributed by atoms with Crippen LogP contribution in [0.2, 0.25) is 0 Å². The molecule has 0 radical (unpaired) electrons. The second-order valence-electron chi connectivity index (χ2n) is 10.6. The van der Waals surface area contributed by atoms with Crippen LogP contribution in [0.25, 0.3) is 0 Å². The molecule has 3 heterocycles. The third kappa shape index (κ3) is 6.45. The fourth-order valence-corrected chi connectivity index (χ4v) is 7.33. The molecule has 2 aromatic heterocycles. The van der Waals surface area contributed by atoms with Crippen LogP contribution < -0.4 is 9.46 Å². The van der Waals surface area contributed by atoms with E-state index in [9.17, 15) is 26.7 Å². The van der Waals surface area contributed by atoms with Crippen LogP contribution in [0, 0.1) is 19.8 Å².